The Morgan fingerprint density at radius 1 is 1.00 bits per heavy atom. The average molecular weight is 211 g/mol. The predicted molar refractivity (Wildman–Crippen MR) is 65.6 cm³/mol. The number of nitrogens with two attached hydrogens (primary N) is 1. The Labute approximate surface area is 93.9 Å². The van der Waals surface area contributed by atoms with Crippen LogP contribution in [0.25, 0.3) is 0 Å². The quantitative estimate of drug-likeness (QED) is 0.484. The van der Waals surface area contributed by atoms with Gasteiger partial charge in [0.1, 0.15) is 0 Å². The highest BCUT2D eigenvalue weighted by molar-refractivity contribution is 5.92. The van der Waals surface area contributed by atoms with Gasteiger partial charge >= 0.3 is 0 Å². The number of amides is 1. The van der Waals surface area contributed by atoms with Crippen molar-refractivity contribution in [1.29, 1.82) is 0 Å². The monoisotopic (exact) mass is 211 g/mol. The maximum Gasteiger partial charge on any atom is 0.244 e. The molecule has 0 atom stereocenters. The summed E-state index contributed by atoms with van der Waals surface area (Å²) in [4.78, 5) is 11.3. The Kier molecular flexibility index (Phi) is 8.06. The molecule has 0 fully saturated rings. The molecule has 2 nitrogen and oxygen atoms in total. The summed E-state index contributed by atoms with van der Waals surface area (Å²) >= 11 is 0. The van der Waals surface area contributed by atoms with Crippen LogP contribution in [-0.4, -0.2) is 5.91 Å². The molecule has 0 spiro atoms. The van der Waals surface area contributed by atoms with Gasteiger partial charge < -0.3 is 5.73 Å². The maximum absolute atomic E-state index is 11.3. The summed E-state index contributed by atoms with van der Waals surface area (Å²) in [5.41, 5.74) is 7.53. The van der Waals surface area contributed by atoms with Crippen molar-refractivity contribution in [3.63, 3.8) is 0 Å². The number of carbonyl (C=O) groups excluding carboxylic acids is 1. The van der Waals surface area contributed by atoms with E-state index in [1.165, 1.54) is 24.8 Å². The lowest BCUT2D eigenvalue weighted by Crippen LogP contribution is -2.16. The van der Waals surface area contributed by atoms with E-state index in [2.05, 4.69) is 20.8 Å². The Morgan fingerprint density at radius 3 is 2.00 bits per heavy atom. The highest BCUT2D eigenvalue weighted by atomic mass is 16.1. The van der Waals surface area contributed by atoms with E-state index in [-0.39, 0.29) is 5.91 Å². The number of allylic oxidation sites excluding steroid dienone is 1. The van der Waals surface area contributed by atoms with E-state index >= 15 is 0 Å². The van der Waals surface area contributed by atoms with E-state index in [1.807, 2.05) is 0 Å². The van der Waals surface area contributed by atoms with Crippen LogP contribution in [0.3, 0.4) is 0 Å². The number of unbranched alkanes of at least 4 members (excludes halogenated alkanes) is 3. The fourth-order valence-electron chi connectivity index (χ4n) is 1.88. The van der Waals surface area contributed by atoms with E-state index < -0.39 is 0 Å². The zero-order valence-corrected chi connectivity index (χ0v) is 10.4. The minimum atomic E-state index is -0.217. The molecule has 0 rings (SSSR count). The highest BCUT2D eigenvalue weighted by Crippen LogP contribution is 2.18. The van der Waals surface area contributed by atoms with Crippen LogP contribution in [0.1, 0.15) is 65.7 Å². The van der Waals surface area contributed by atoms with Gasteiger partial charge in [-0.1, -0.05) is 45.6 Å². The third-order valence-corrected chi connectivity index (χ3v) is 2.86. The van der Waals surface area contributed by atoms with Gasteiger partial charge in [-0.3, -0.25) is 4.79 Å². The lowest BCUT2D eigenvalue weighted by Gasteiger charge is -2.09. The van der Waals surface area contributed by atoms with Gasteiger partial charge in [-0.25, -0.2) is 0 Å². The smallest absolute Gasteiger partial charge is 0.244 e. The molecule has 2 heteroatoms. The lowest BCUT2D eigenvalue weighted by molar-refractivity contribution is -0.114. The summed E-state index contributed by atoms with van der Waals surface area (Å²) in [5, 5.41) is 0. The largest absolute Gasteiger partial charge is 0.366 e. The molecule has 0 unspecified atom stereocenters. The van der Waals surface area contributed by atoms with Gasteiger partial charge in [0.15, 0.2) is 0 Å². The highest BCUT2D eigenvalue weighted by Gasteiger charge is 2.09. The molecule has 0 aliphatic heterocycles. The van der Waals surface area contributed by atoms with Gasteiger partial charge in [-0.05, 0) is 25.7 Å². The van der Waals surface area contributed by atoms with Gasteiger partial charge in [0, 0.05) is 5.57 Å². The molecular weight excluding hydrogens is 186 g/mol. The molecule has 0 radical (unpaired) electrons. The average Bonchev–Trinajstić information content (AvgIpc) is 2.22. The second-order valence-corrected chi connectivity index (χ2v) is 3.96. The topological polar surface area (TPSA) is 43.1 Å². The van der Waals surface area contributed by atoms with Crippen molar-refractivity contribution < 1.29 is 4.79 Å². The lowest BCUT2D eigenvalue weighted by atomic mass is 9.97. The van der Waals surface area contributed by atoms with Crippen LogP contribution < -0.4 is 5.73 Å². The fraction of sp³-hybridized carbons (Fsp3) is 0.769. The second kappa shape index (κ2) is 8.51. The van der Waals surface area contributed by atoms with E-state index in [0.717, 1.165) is 31.3 Å². The first kappa shape index (κ1) is 14.2. The van der Waals surface area contributed by atoms with Crippen LogP contribution in [0.5, 0.6) is 0 Å². The Bertz CT molecular complexity index is 213. The van der Waals surface area contributed by atoms with Crippen molar-refractivity contribution in [2.75, 3.05) is 0 Å². The number of rotatable bonds is 8. The van der Waals surface area contributed by atoms with Crippen molar-refractivity contribution in [2.24, 2.45) is 5.73 Å². The van der Waals surface area contributed by atoms with Crippen molar-refractivity contribution in [3.8, 4) is 0 Å². The zero-order valence-electron chi connectivity index (χ0n) is 10.4. The molecule has 88 valence electrons. The first-order valence-electron chi connectivity index (χ1n) is 6.17. The molecule has 0 aromatic heterocycles. The maximum atomic E-state index is 11.3. The van der Waals surface area contributed by atoms with Crippen LogP contribution in [0.15, 0.2) is 11.1 Å². The molecule has 0 aliphatic carbocycles. The predicted octanol–water partition coefficient (Wildman–Crippen LogP) is 3.56. The van der Waals surface area contributed by atoms with E-state index in [1.54, 1.807) is 0 Å². The summed E-state index contributed by atoms with van der Waals surface area (Å²) < 4.78 is 0. The fourth-order valence-corrected chi connectivity index (χ4v) is 1.88. The molecule has 0 saturated carbocycles. The Balaban J connectivity index is 4.28. The first-order valence-corrected chi connectivity index (χ1v) is 6.17. The molecular formula is C13H25NO. The summed E-state index contributed by atoms with van der Waals surface area (Å²) in [5.74, 6) is -0.217. The van der Waals surface area contributed by atoms with Crippen LogP contribution in [0.4, 0.5) is 0 Å². The molecule has 0 heterocycles. The number of carbonyl (C=O) groups is 1. The molecule has 0 saturated heterocycles. The van der Waals surface area contributed by atoms with Gasteiger partial charge in [-0.15, -0.1) is 0 Å². The summed E-state index contributed by atoms with van der Waals surface area (Å²) in [6.07, 6.45) is 7.53. The molecule has 0 aromatic carbocycles. The first-order chi connectivity index (χ1) is 7.17. The Morgan fingerprint density at radius 2 is 1.60 bits per heavy atom. The SMILES string of the molecule is CCCCCCC(C(N)=O)=C(CC)CC. The van der Waals surface area contributed by atoms with Gasteiger partial charge in [0.25, 0.3) is 0 Å². The summed E-state index contributed by atoms with van der Waals surface area (Å²) in [7, 11) is 0. The van der Waals surface area contributed by atoms with Crippen LogP contribution in [-0.2, 0) is 4.79 Å². The van der Waals surface area contributed by atoms with Crippen LogP contribution in [0, 0.1) is 0 Å². The number of hydrogen-bond donors (Lipinski definition) is 1. The third-order valence-electron chi connectivity index (χ3n) is 2.86. The van der Waals surface area contributed by atoms with Crippen molar-refractivity contribution in [1.82, 2.24) is 0 Å². The molecule has 15 heavy (non-hydrogen) atoms. The number of hydrogen-bond acceptors (Lipinski definition) is 1. The standard InChI is InChI=1S/C13H25NO/c1-4-7-8-9-10-12(13(14)15)11(5-2)6-3/h4-10H2,1-3H3,(H2,14,15). The minimum absolute atomic E-state index is 0.217. The molecule has 0 aromatic rings. The minimum Gasteiger partial charge on any atom is -0.366 e. The number of primary amides is 1. The summed E-state index contributed by atoms with van der Waals surface area (Å²) in [6.45, 7) is 6.37. The van der Waals surface area contributed by atoms with Gasteiger partial charge in [0.05, 0.1) is 0 Å². The molecule has 2 N–H and O–H groups in total. The Hall–Kier alpha value is -0.790. The van der Waals surface area contributed by atoms with Crippen molar-refractivity contribution in [3.05, 3.63) is 11.1 Å². The molecule has 1 amide bonds. The van der Waals surface area contributed by atoms with Crippen molar-refractivity contribution >= 4 is 5.91 Å². The van der Waals surface area contributed by atoms with Gasteiger partial charge in [-0.2, -0.15) is 0 Å². The van der Waals surface area contributed by atoms with Crippen LogP contribution >= 0.6 is 0 Å². The summed E-state index contributed by atoms with van der Waals surface area (Å²) in [6, 6.07) is 0. The second-order valence-electron chi connectivity index (χ2n) is 3.96. The van der Waals surface area contributed by atoms with E-state index in [9.17, 15) is 4.79 Å². The molecule has 0 bridgehead atoms. The van der Waals surface area contributed by atoms with Gasteiger partial charge in [0.2, 0.25) is 5.91 Å². The normalized spacial score (nSPS) is 10.1. The van der Waals surface area contributed by atoms with E-state index in [0.29, 0.717) is 0 Å². The van der Waals surface area contributed by atoms with Crippen LogP contribution in [0.2, 0.25) is 0 Å². The molecule has 0 aliphatic rings. The zero-order chi connectivity index (χ0) is 11.7. The third kappa shape index (κ3) is 5.60. The van der Waals surface area contributed by atoms with E-state index in [4.69, 9.17) is 5.73 Å². The van der Waals surface area contributed by atoms with Crippen molar-refractivity contribution in [2.45, 2.75) is 65.7 Å².